The van der Waals surface area contributed by atoms with Gasteiger partial charge in [-0.3, -0.25) is 9.59 Å². The number of hydrogen-bond acceptors (Lipinski definition) is 4. The Bertz CT molecular complexity index is 1190. The van der Waals surface area contributed by atoms with Crippen LogP contribution >= 0.6 is 0 Å². The third-order valence-electron chi connectivity index (χ3n) is 7.64. The molecule has 7 nitrogen and oxygen atoms in total. The highest BCUT2D eigenvalue weighted by molar-refractivity contribution is 5.91. The van der Waals surface area contributed by atoms with Crippen molar-refractivity contribution in [2.24, 2.45) is 11.3 Å². The van der Waals surface area contributed by atoms with Gasteiger partial charge in [0, 0.05) is 18.0 Å². The maximum absolute atomic E-state index is 13.8. The van der Waals surface area contributed by atoms with Crippen molar-refractivity contribution in [3.63, 3.8) is 0 Å². The summed E-state index contributed by atoms with van der Waals surface area (Å²) in [5.74, 6) is -1.60. The summed E-state index contributed by atoms with van der Waals surface area (Å²) >= 11 is 0. The molecule has 0 radical (unpaired) electrons. The van der Waals surface area contributed by atoms with Crippen LogP contribution in [0, 0.1) is 11.3 Å². The highest BCUT2D eigenvalue weighted by Gasteiger charge is 2.41. The number of rotatable bonds is 11. The van der Waals surface area contributed by atoms with E-state index in [9.17, 15) is 19.5 Å². The summed E-state index contributed by atoms with van der Waals surface area (Å²) < 4.78 is 0. The molecule has 0 aromatic heterocycles. The molecule has 3 N–H and O–H groups in total. The molecule has 218 valence electrons. The zero-order valence-corrected chi connectivity index (χ0v) is 25.7. The van der Waals surface area contributed by atoms with Crippen LogP contribution in [0.3, 0.4) is 0 Å². The van der Waals surface area contributed by atoms with Crippen molar-refractivity contribution in [3.05, 3.63) is 71.8 Å². The van der Waals surface area contributed by atoms with E-state index in [1.54, 1.807) is 25.1 Å². The molecule has 0 heterocycles. The number of benzene rings is 2. The smallest absolute Gasteiger partial charge is 0.331 e. The van der Waals surface area contributed by atoms with Gasteiger partial charge in [0.15, 0.2) is 0 Å². The molecule has 40 heavy (non-hydrogen) atoms. The Morgan fingerprint density at radius 2 is 1.40 bits per heavy atom. The van der Waals surface area contributed by atoms with Crippen LogP contribution in [-0.2, 0) is 19.8 Å². The van der Waals surface area contributed by atoms with Gasteiger partial charge in [-0.25, -0.2) is 4.79 Å². The number of nitrogens with one attached hydrogen (secondary N) is 2. The van der Waals surface area contributed by atoms with Gasteiger partial charge in [0.2, 0.25) is 11.8 Å². The molecule has 0 saturated heterocycles. The average Bonchev–Trinajstić information content (AvgIpc) is 2.89. The van der Waals surface area contributed by atoms with E-state index < -0.39 is 34.9 Å². The third-order valence-corrected chi connectivity index (χ3v) is 7.64. The van der Waals surface area contributed by atoms with E-state index in [2.05, 4.69) is 34.9 Å². The fraction of sp³-hybridized carbons (Fsp3) is 0.485. The van der Waals surface area contributed by atoms with Crippen molar-refractivity contribution in [1.82, 2.24) is 15.5 Å². The van der Waals surface area contributed by atoms with E-state index in [1.165, 1.54) is 6.92 Å². The van der Waals surface area contributed by atoms with Crippen LogP contribution in [0.1, 0.15) is 61.0 Å². The number of nitrogens with zero attached hydrogens (tertiary/aromatic N) is 1. The number of carbonyl (C=O) groups is 3. The van der Waals surface area contributed by atoms with Gasteiger partial charge in [0.25, 0.3) is 0 Å². The minimum absolute atomic E-state index is 0.0255. The van der Waals surface area contributed by atoms with Gasteiger partial charge in [0.05, 0.1) is 12.1 Å². The second kappa shape index (κ2) is 13.3. The number of likely N-dealkylation sites (N-methyl/N-ethyl adjacent to an activating group) is 2. The molecule has 2 aromatic carbocycles. The lowest BCUT2D eigenvalue weighted by Gasteiger charge is -2.40. The zero-order valence-electron chi connectivity index (χ0n) is 25.7. The average molecular weight is 550 g/mol. The van der Waals surface area contributed by atoms with Gasteiger partial charge in [-0.1, -0.05) is 109 Å². The molecule has 0 bridgehead atoms. The summed E-state index contributed by atoms with van der Waals surface area (Å²) in [5, 5.41) is 15.6. The summed E-state index contributed by atoms with van der Waals surface area (Å²) in [6.07, 6.45) is 1.60. The predicted molar refractivity (Wildman–Crippen MR) is 162 cm³/mol. The molecule has 2 aromatic rings. The van der Waals surface area contributed by atoms with Crippen molar-refractivity contribution in [2.45, 2.75) is 78.9 Å². The lowest BCUT2D eigenvalue weighted by molar-refractivity contribution is -0.141. The lowest BCUT2D eigenvalue weighted by Crippen LogP contribution is -2.61. The maximum atomic E-state index is 13.8. The summed E-state index contributed by atoms with van der Waals surface area (Å²) in [5.41, 5.74) is 2.20. The van der Waals surface area contributed by atoms with Crippen LogP contribution in [0.25, 0.3) is 11.1 Å². The van der Waals surface area contributed by atoms with E-state index in [-0.39, 0.29) is 23.3 Å². The van der Waals surface area contributed by atoms with Crippen molar-refractivity contribution < 1.29 is 19.5 Å². The van der Waals surface area contributed by atoms with Crippen LogP contribution in [0.2, 0.25) is 0 Å². The fourth-order valence-corrected chi connectivity index (χ4v) is 5.01. The predicted octanol–water partition coefficient (Wildman–Crippen LogP) is 5.26. The van der Waals surface area contributed by atoms with E-state index >= 15 is 0 Å². The second-order valence-corrected chi connectivity index (χ2v) is 12.5. The van der Waals surface area contributed by atoms with Gasteiger partial charge in [-0.05, 0) is 42.0 Å². The van der Waals surface area contributed by atoms with E-state index in [0.29, 0.717) is 0 Å². The Morgan fingerprint density at radius 1 is 0.875 bits per heavy atom. The van der Waals surface area contributed by atoms with E-state index in [1.807, 2.05) is 78.8 Å². The number of carboxylic acid groups (broad SMARTS) is 1. The number of amides is 2. The molecule has 0 spiro atoms. The molecule has 0 fully saturated rings. The summed E-state index contributed by atoms with van der Waals surface area (Å²) in [6, 6.07) is 16.5. The van der Waals surface area contributed by atoms with E-state index in [4.69, 9.17) is 0 Å². The Hall–Kier alpha value is -3.45. The van der Waals surface area contributed by atoms with Crippen molar-refractivity contribution >= 4 is 17.8 Å². The molecule has 2 amide bonds. The molecule has 0 unspecified atom stereocenters. The summed E-state index contributed by atoms with van der Waals surface area (Å²) in [6.45, 7) is 15.2. The lowest BCUT2D eigenvalue weighted by atomic mass is 9.76. The largest absolute Gasteiger partial charge is 0.478 e. The van der Waals surface area contributed by atoms with Crippen LogP contribution in [0.15, 0.2) is 66.2 Å². The van der Waals surface area contributed by atoms with Crippen LogP contribution < -0.4 is 10.6 Å². The van der Waals surface area contributed by atoms with E-state index in [0.717, 1.165) is 16.7 Å². The monoisotopic (exact) mass is 549 g/mol. The molecule has 3 atom stereocenters. The standard InChI is InChI=1S/C33H47N3O4/c1-21(2)26(20-22(3)31(39)40)36(10)30(38)28(32(4,5)6)35-29(37)27(34-9)33(7,8)25-18-16-24(17-19-25)23-14-12-11-13-15-23/h11-21,26-28,34H,1-10H3,(H,35,37)(H,39,40)/b22-20+/t26-,27-,28-/m1/s1. The molecule has 2 rings (SSSR count). The zero-order chi connectivity index (χ0) is 30.4. The molecular weight excluding hydrogens is 502 g/mol. The van der Waals surface area contributed by atoms with Crippen molar-refractivity contribution in [3.8, 4) is 11.1 Å². The minimum atomic E-state index is -1.02. The number of hydrogen-bond donors (Lipinski definition) is 3. The second-order valence-electron chi connectivity index (χ2n) is 12.5. The number of carbonyl (C=O) groups excluding carboxylic acids is 2. The van der Waals surface area contributed by atoms with Gasteiger partial charge < -0.3 is 20.6 Å². The minimum Gasteiger partial charge on any atom is -0.478 e. The molecule has 0 saturated carbocycles. The number of carboxylic acids is 1. The fourth-order valence-electron chi connectivity index (χ4n) is 5.01. The van der Waals surface area contributed by atoms with Crippen LogP contribution in [0.5, 0.6) is 0 Å². The first-order valence-electron chi connectivity index (χ1n) is 13.8. The van der Waals surface area contributed by atoms with Gasteiger partial charge in [-0.15, -0.1) is 0 Å². The molecule has 0 aliphatic carbocycles. The molecule has 7 heteroatoms. The normalized spacial score (nSPS) is 14.8. The Balaban J connectivity index is 2.34. The molecule has 0 aliphatic rings. The Kier molecular flexibility index (Phi) is 10.9. The Labute approximate surface area is 240 Å². The SMILES string of the molecule is CN[C@H](C(=O)N[C@H](C(=O)N(C)[C@H](/C=C(\C)C(=O)O)C(C)C)C(C)(C)C)C(C)(C)c1ccc(-c2ccccc2)cc1. The first-order chi connectivity index (χ1) is 18.5. The first-order valence-corrected chi connectivity index (χ1v) is 13.8. The third kappa shape index (κ3) is 7.81. The molecule has 0 aliphatic heterocycles. The van der Waals surface area contributed by atoms with Gasteiger partial charge in [0.1, 0.15) is 6.04 Å². The summed E-state index contributed by atoms with van der Waals surface area (Å²) in [7, 11) is 3.41. The highest BCUT2D eigenvalue weighted by atomic mass is 16.4. The summed E-state index contributed by atoms with van der Waals surface area (Å²) in [4.78, 5) is 40.7. The van der Waals surface area contributed by atoms with Crippen molar-refractivity contribution in [2.75, 3.05) is 14.1 Å². The maximum Gasteiger partial charge on any atom is 0.331 e. The highest BCUT2D eigenvalue weighted by Crippen LogP contribution is 2.31. The van der Waals surface area contributed by atoms with Crippen molar-refractivity contribution in [1.29, 1.82) is 0 Å². The first kappa shape index (κ1) is 32.8. The van der Waals surface area contributed by atoms with Crippen LogP contribution in [-0.4, -0.2) is 60.0 Å². The quantitative estimate of drug-likeness (QED) is 0.332. The topological polar surface area (TPSA) is 98.7 Å². The van der Waals surface area contributed by atoms with Gasteiger partial charge in [-0.2, -0.15) is 0 Å². The Morgan fingerprint density at radius 3 is 1.85 bits per heavy atom. The molecular formula is C33H47N3O4. The number of aliphatic carboxylic acids is 1. The van der Waals surface area contributed by atoms with Gasteiger partial charge >= 0.3 is 5.97 Å². The van der Waals surface area contributed by atoms with Crippen LogP contribution in [0.4, 0.5) is 0 Å².